The number of rotatable bonds is 5. The number of ether oxygens (including phenoxy) is 2. The van der Waals surface area contributed by atoms with Crippen molar-refractivity contribution in [1.82, 2.24) is 10.6 Å². The van der Waals surface area contributed by atoms with Crippen molar-refractivity contribution in [3.05, 3.63) is 0 Å². The van der Waals surface area contributed by atoms with E-state index in [1.165, 1.54) is 0 Å². The predicted molar refractivity (Wildman–Crippen MR) is 56.9 cm³/mol. The second kappa shape index (κ2) is 7.19. The summed E-state index contributed by atoms with van der Waals surface area (Å²) in [6.07, 6.45) is 0.284. The van der Waals surface area contributed by atoms with Crippen LogP contribution >= 0.6 is 0 Å². The minimum atomic E-state index is -0.590. The van der Waals surface area contributed by atoms with Crippen molar-refractivity contribution in [3.63, 3.8) is 0 Å². The zero-order valence-electron chi connectivity index (χ0n) is 9.45. The van der Waals surface area contributed by atoms with Crippen molar-refractivity contribution >= 4 is 11.8 Å². The first kappa shape index (κ1) is 12.9. The molecule has 6 nitrogen and oxygen atoms in total. The molecule has 0 aromatic heterocycles. The summed E-state index contributed by atoms with van der Waals surface area (Å²) in [5.74, 6) is -0.488. The van der Waals surface area contributed by atoms with Crippen LogP contribution in [0.25, 0.3) is 0 Å². The summed E-state index contributed by atoms with van der Waals surface area (Å²) >= 11 is 0. The Morgan fingerprint density at radius 3 is 2.75 bits per heavy atom. The molecule has 0 aromatic carbocycles. The third-order valence-electron chi connectivity index (χ3n) is 2.10. The summed E-state index contributed by atoms with van der Waals surface area (Å²) < 4.78 is 10.3. The van der Waals surface area contributed by atoms with Gasteiger partial charge in [0.25, 0.3) is 5.91 Å². The number of hydrogen-bond donors (Lipinski definition) is 2. The van der Waals surface area contributed by atoms with E-state index < -0.39 is 6.10 Å². The fourth-order valence-electron chi connectivity index (χ4n) is 1.25. The molecule has 0 bridgehead atoms. The van der Waals surface area contributed by atoms with Gasteiger partial charge in [0.1, 0.15) is 0 Å². The summed E-state index contributed by atoms with van der Waals surface area (Å²) in [4.78, 5) is 22.7. The van der Waals surface area contributed by atoms with Gasteiger partial charge in [-0.15, -0.1) is 0 Å². The molecule has 1 aliphatic rings. The van der Waals surface area contributed by atoms with E-state index in [0.717, 1.165) is 6.42 Å². The molecule has 2 N–H and O–H groups in total. The van der Waals surface area contributed by atoms with Gasteiger partial charge in [0.2, 0.25) is 5.91 Å². The third kappa shape index (κ3) is 4.59. The molecule has 0 aromatic rings. The van der Waals surface area contributed by atoms with Gasteiger partial charge in [0.15, 0.2) is 6.10 Å². The Morgan fingerprint density at radius 2 is 2.12 bits per heavy atom. The Kier molecular flexibility index (Phi) is 5.81. The monoisotopic (exact) mass is 230 g/mol. The fourth-order valence-corrected chi connectivity index (χ4v) is 1.25. The molecule has 0 saturated carbocycles. The van der Waals surface area contributed by atoms with Crippen molar-refractivity contribution in [2.45, 2.75) is 19.4 Å². The molecule has 0 aliphatic carbocycles. The SMILES string of the molecule is CCCNC(=O)CNC(=O)[C@@H]1COCCO1. The highest BCUT2D eigenvalue weighted by Gasteiger charge is 2.22. The van der Waals surface area contributed by atoms with Gasteiger partial charge in [-0.25, -0.2) is 0 Å². The van der Waals surface area contributed by atoms with Crippen LogP contribution in [-0.2, 0) is 19.1 Å². The zero-order chi connectivity index (χ0) is 11.8. The standard InChI is InChI=1S/C10H18N2O4/c1-2-3-11-9(13)6-12-10(14)8-7-15-4-5-16-8/h8H,2-7H2,1H3,(H,11,13)(H,12,14)/t8-/m0/s1. The molecule has 1 rings (SSSR count). The molecule has 0 radical (unpaired) electrons. The van der Waals surface area contributed by atoms with Crippen LogP contribution in [0.15, 0.2) is 0 Å². The van der Waals surface area contributed by atoms with Gasteiger partial charge in [-0.2, -0.15) is 0 Å². The molecular formula is C10H18N2O4. The highest BCUT2D eigenvalue weighted by Crippen LogP contribution is 1.99. The Hall–Kier alpha value is -1.14. The maximum Gasteiger partial charge on any atom is 0.251 e. The highest BCUT2D eigenvalue weighted by molar-refractivity contribution is 5.86. The molecule has 1 heterocycles. The maximum absolute atomic E-state index is 11.5. The predicted octanol–water partition coefficient (Wildman–Crippen LogP) is -0.956. The highest BCUT2D eigenvalue weighted by atomic mass is 16.6. The van der Waals surface area contributed by atoms with Gasteiger partial charge in [-0.3, -0.25) is 9.59 Å². The number of nitrogens with one attached hydrogen (secondary N) is 2. The second-order valence-corrected chi connectivity index (χ2v) is 3.50. The molecule has 1 atom stereocenters. The van der Waals surface area contributed by atoms with Crippen LogP contribution in [0.4, 0.5) is 0 Å². The topological polar surface area (TPSA) is 76.7 Å². The number of hydrogen-bond acceptors (Lipinski definition) is 4. The lowest BCUT2D eigenvalue weighted by atomic mass is 10.3. The van der Waals surface area contributed by atoms with Gasteiger partial charge in [0, 0.05) is 6.54 Å². The minimum absolute atomic E-state index is 0.0152. The van der Waals surface area contributed by atoms with E-state index in [4.69, 9.17) is 9.47 Å². The van der Waals surface area contributed by atoms with E-state index in [1.54, 1.807) is 0 Å². The van der Waals surface area contributed by atoms with Crippen molar-refractivity contribution in [1.29, 1.82) is 0 Å². The quantitative estimate of drug-likeness (QED) is 0.638. The lowest BCUT2D eigenvalue weighted by molar-refractivity contribution is -0.148. The van der Waals surface area contributed by atoms with E-state index in [1.807, 2.05) is 6.92 Å². The van der Waals surface area contributed by atoms with E-state index in [9.17, 15) is 9.59 Å². The lowest BCUT2D eigenvalue weighted by Crippen LogP contribution is -2.46. The molecule has 92 valence electrons. The van der Waals surface area contributed by atoms with E-state index in [-0.39, 0.29) is 25.0 Å². The summed E-state index contributed by atoms with van der Waals surface area (Å²) in [5.41, 5.74) is 0. The van der Waals surface area contributed by atoms with Crippen molar-refractivity contribution in [2.24, 2.45) is 0 Å². The fraction of sp³-hybridized carbons (Fsp3) is 0.800. The number of carbonyl (C=O) groups excluding carboxylic acids is 2. The van der Waals surface area contributed by atoms with Crippen LogP contribution in [0.1, 0.15) is 13.3 Å². The summed E-state index contributed by atoms with van der Waals surface area (Å²) in [7, 11) is 0. The first-order valence-corrected chi connectivity index (χ1v) is 5.47. The number of carbonyl (C=O) groups is 2. The maximum atomic E-state index is 11.5. The molecule has 0 unspecified atom stereocenters. The van der Waals surface area contributed by atoms with Crippen molar-refractivity contribution < 1.29 is 19.1 Å². The van der Waals surface area contributed by atoms with Gasteiger partial charge in [0.05, 0.1) is 26.4 Å². The third-order valence-corrected chi connectivity index (χ3v) is 2.10. The van der Waals surface area contributed by atoms with Crippen LogP contribution in [0.3, 0.4) is 0 Å². The van der Waals surface area contributed by atoms with Gasteiger partial charge in [-0.05, 0) is 6.42 Å². The summed E-state index contributed by atoms with van der Waals surface area (Å²) in [6.45, 7) is 3.76. The van der Waals surface area contributed by atoms with Crippen molar-refractivity contribution in [2.75, 3.05) is 32.9 Å². The zero-order valence-corrected chi connectivity index (χ0v) is 9.45. The average Bonchev–Trinajstić information content (AvgIpc) is 2.34. The second-order valence-electron chi connectivity index (χ2n) is 3.50. The van der Waals surface area contributed by atoms with Gasteiger partial charge < -0.3 is 20.1 Å². The molecule has 6 heteroatoms. The minimum Gasteiger partial charge on any atom is -0.376 e. The first-order chi connectivity index (χ1) is 7.74. The Bertz CT molecular complexity index is 239. The molecule has 1 saturated heterocycles. The van der Waals surface area contributed by atoms with Crippen molar-refractivity contribution in [3.8, 4) is 0 Å². The molecular weight excluding hydrogens is 212 g/mol. The number of amides is 2. The Labute approximate surface area is 94.7 Å². The largest absolute Gasteiger partial charge is 0.376 e. The molecule has 2 amide bonds. The van der Waals surface area contributed by atoms with E-state index >= 15 is 0 Å². The molecule has 16 heavy (non-hydrogen) atoms. The van der Waals surface area contributed by atoms with Crippen LogP contribution in [0.5, 0.6) is 0 Å². The van der Waals surface area contributed by atoms with Crippen LogP contribution in [-0.4, -0.2) is 50.8 Å². The molecule has 1 aliphatic heterocycles. The van der Waals surface area contributed by atoms with Crippen LogP contribution in [0.2, 0.25) is 0 Å². The lowest BCUT2D eigenvalue weighted by Gasteiger charge is -2.21. The van der Waals surface area contributed by atoms with Gasteiger partial charge >= 0.3 is 0 Å². The van der Waals surface area contributed by atoms with Crippen LogP contribution in [0, 0.1) is 0 Å². The first-order valence-electron chi connectivity index (χ1n) is 5.47. The van der Waals surface area contributed by atoms with Gasteiger partial charge in [-0.1, -0.05) is 6.92 Å². The summed E-state index contributed by atoms with van der Waals surface area (Å²) in [6, 6.07) is 0. The van der Waals surface area contributed by atoms with E-state index in [2.05, 4.69) is 10.6 Å². The molecule has 1 fully saturated rings. The Morgan fingerprint density at radius 1 is 1.31 bits per heavy atom. The Balaban J connectivity index is 2.15. The molecule has 0 spiro atoms. The normalized spacial score (nSPS) is 20.2. The smallest absolute Gasteiger partial charge is 0.251 e. The summed E-state index contributed by atoms with van der Waals surface area (Å²) in [5, 5.41) is 5.17. The van der Waals surface area contributed by atoms with Crippen LogP contribution < -0.4 is 10.6 Å². The average molecular weight is 230 g/mol. The van der Waals surface area contributed by atoms with E-state index in [0.29, 0.717) is 19.8 Å².